The minimum absolute atomic E-state index is 0.319. The predicted molar refractivity (Wildman–Crippen MR) is 112 cm³/mol. The van der Waals surface area contributed by atoms with Gasteiger partial charge in [0.15, 0.2) is 6.10 Å². The molecular weight excluding hydrogens is 338 g/mol. The summed E-state index contributed by atoms with van der Waals surface area (Å²) in [5, 5.41) is 0. The van der Waals surface area contributed by atoms with E-state index in [4.69, 9.17) is 9.47 Å². The summed E-state index contributed by atoms with van der Waals surface area (Å²) in [5.74, 6) is 0.804. The Morgan fingerprint density at radius 3 is 2.07 bits per heavy atom. The molecule has 0 saturated heterocycles. The second-order valence-electron chi connectivity index (χ2n) is 7.13. The molecular formula is C22H39N3O2. The van der Waals surface area contributed by atoms with Crippen molar-refractivity contribution in [2.24, 2.45) is 0 Å². The van der Waals surface area contributed by atoms with Crippen molar-refractivity contribution >= 4 is 5.71 Å². The van der Waals surface area contributed by atoms with Crippen molar-refractivity contribution in [2.75, 3.05) is 26.3 Å². The van der Waals surface area contributed by atoms with E-state index in [-0.39, 0.29) is 6.10 Å². The van der Waals surface area contributed by atoms with E-state index in [0.29, 0.717) is 18.9 Å². The molecule has 0 aromatic carbocycles. The summed E-state index contributed by atoms with van der Waals surface area (Å²) in [6, 6.07) is 0. The van der Waals surface area contributed by atoms with E-state index >= 15 is 0 Å². The molecule has 1 atom stereocenters. The maximum atomic E-state index is 9.48. The topological polar surface area (TPSA) is 58.1 Å². The summed E-state index contributed by atoms with van der Waals surface area (Å²) >= 11 is 0. The zero-order valence-electron chi connectivity index (χ0n) is 17.9. The van der Waals surface area contributed by atoms with Gasteiger partial charge in [0.05, 0.1) is 18.4 Å². The van der Waals surface area contributed by atoms with Gasteiger partial charge < -0.3 is 19.9 Å². The minimum Gasteiger partial charge on any atom is -0.491 e. The molecule has 0 heterocycles. The largest absolute Gasteiger partial charge is 0.491 e. The van der Waals surface area contributed by atoms with Gasteiger partial charge in [-0.25, -0.2) is 0 Å². The number of ether oxygens (including phenoxy) is 2. The van der Waals surface area contributed by atoms with Crippen LogP contribution in [0.2, 0.25) is 0 Å². The Bertz CT molecular complexity index is 514. The van der Waals surface area contributed by atoms with Crippen LogP contribution >= 0.6 is 0 Å². The Hall–Kier alpha value is -1.58. The first kappa shape index (κ1) is 23.5. The zero-order valence-corrected chi connectivity index (χ0v) is 17.9. The van der Waals surface area contributed by atoms with Crippen molar-refractivity contribution in [2.45, 2.75) is 85.2 Å². The average molecular weight is 378 g/mol. The van der Waals surface area contributed by atoms with Gasteiger partial charge in [0.1, 0.15) is 5.76 Å². The lowest BCUT2D eigenvalue weighted by Gasteiger charge is -2.31. The van der Waals surface area contributed by atoms with E-state index in [0.717, 1.165) is 75.9 Å². The quantitative estimate of drug-likeness (QED) is 0.220. The molecule has 0 aliphatic heterocycles. The molecule has 0 aromatic heterocycles. The molecule has 0 spiro atoms. The van der Waals surface area contributed by atoms with Gasteiger partial charge in [0, 0.05) is 19.7 Å². The average Bonchev–Trinajstić information content (AvgIpc) is 2.69. The molecule has 0 radical (unpaired) electrons. The molecule has 0 amide bonds. The first-order chi connectivity index (χ1) is 13.2. The van der Waals surface area contributed by atoms with E-state index in [1.165, 1.54) is 0 Å². The maximum absolute atomic E-state index is 9.48. The van der Waals surface area contributed by atoms with E-state index in [1.807, 2.05) is 6.08 Å². The highest BCUT2D eigenvalue weighted by Gasteiger charge is 2.31. The smallest absolute Gasteiger partial charge is 0.328 e. The highest BCUT2D eigenvalue weighted by Crippen LogP contribution is 2.25. The summed E-state index contributed by atoms with van der Waals surface area (Å²) in [6.45, 7) is 12.1. The third kappa shape index (κ3) is 8.32. The highest BCUT2D eigenvalue weighted by atomic mass is 16.5. The number of unbranched alkanes of at least 4 members (excludes halogenated alkanes) is 4. The van der Waals surface area contributed by atoms with Crippen molar-refractivity contribution < 1.29 is 14.3 Å². The van der Waals surface area contributed by atoms with Crippen molar-refractivity contribution in [3.05, 3.63) is 29.1 Å². The van der Waals surface area contributed by atoms with Gasteiger partial charge in [0.25, 0.3) is 0 Å². The second kappa shape index (κ2) is 14.5. The van der Waals surface area contributed by atoms with Crippen molar-refractivity contribution in [1.29, 1.82) is 0 Å². The monoisotopic (exact) mass is 377 g/mol. The molecule has 5 heteroatoms. The fourth-order valence-corrected chi connectivity index (χ4v) is 2.93. The number of hydrogen-bond donors (Lipinski definition) is 0. The van der Waals surface area contributed by atoms with Crippen molar-refractivity contribution in [3.8, 4) is 0 Å². The summed E-state index contributed by atoms with van der Waals surface area (Å²) in [6.07, 6.45) is 12.4. The minimum atomic E-state index is -0.319. The molecule has 27 heavy (non-hydrogen) atoms. The van der Waals surface area contributed by atoms with Crippen LogP contribution in [0.15, 0.2) is 23.6 Å². The third-order valence-electron chi connectivity index (χ3n) is 4.70. The fraction of sp³-hybridized carbons (Fsp3) is 0.773. The zero-order chi connectivity index (χ0) is 19.9. The van der Waals surface area contributed by atoms with Crippen LogP contribution in [0.4, 0.5) is 0 Å². The molecule has 0 aromatic rings. The third-order valence-corrected chi connectivity index (χ3v) is 4.70. The molecule has 0 bridgehead atoms. The van der Waals surface area contributed by atoms with Crippen LogP contribution in [-0.4, -0.2) is 47.8 Å². The van der Waals surface area contributed by atoms with Gasteiger partial charge in [-0.1, -0.05) is 53.4 Å². The SMILES string of the molecule is CCCCOC1=CC(=[N+]=[N-])C(OCCCC)C=C1N(CCCC)CCCC. The van der Waals surface area contributed by atoms with Crippen LogP contribution < -0.4 is 0 Å². The van der Waals surface area contributed by atoms with E-state index in [9.17, 15) is 5.53 Å². The molecule has 5 nitrogen and oxygen atoms in total. The molecule has 0 fully saturated rings. The predicted octanol–water partition coefficient (Wildman–Crippen LogP) is 5.34. The molecule has 1 rings (SSSR count). The van der Waals surface area contributed by atoms with Gasteiger partial charge in [0.2, 0.25) is 0 Å². The Labute approximate surface area is 166 Å². The molecule has 0 saturated carbocycles. The van der Waals surface area contributed by atoms with E-state index < -0.39 is 0 Å². The van der Waals surface area contributed by atoms with Gasteiger partial charge in [-0.2, -0.15) is 4.79 Å². The number of rotatable bonds is 15. The van der Waals surface area contributed by atoms with Crippen LogP contribution in [0.1, 0.15) is 79.1 Å². The first-order valence-electron chi connectivity index (χ1n) is 10.9. The second-order valence-corrected chi connectivity index (χ2v) is 7.13. The van der Waals surface area contributed by atoms with Crippen LogP contribution in [-0.2, 0) is 9.47 Å². The summed E-state index contributed by atoms with van der Waals surface area (Å²) in [4.78, 5) is 5.89. The Balaban J connectivity index is 3.07. The molecule has 1 unspecified atom stereocenters. The van der Waals surface area contributed by atoms with Crippen LogP contribution in [0, 0.1) is 0 Å². The Morgan fingerprint density at radius 2 is 1.52 bits per heavy atom. The summed E-state index contributed by atoms with van der Waals surface area (Å²) in [7, 11) is 0. The van der Waals surface area contributed by atoms with Crippen LogP contribution in [0.25, 0.3) is 5.53 Å². The van der Waals surface area contributed by atoms with Gasteiger partial charge in [-0.05, 0) is 31.8 Å². The highest BCUT2D eigenvalue weighted by molar-refractivity contribution is 5.97. The molecule has 154 valence electrons. The van der Waals surface area contributed by atoms with Gasteiger partial charge >= 0.3 is 5.71 Å². The van der Waals surface area contributed by atoms with E-state index in [2.05, 4.69) is 43.5 Å². The van der Waals surface area contributed by atoms with Crippen LogP contribution in [0.5, 0.6) is 0 Å². The molecule has 1 aliphatic rings. The lowest BCUT2D eigenvalue weighted by Crippen LogP contribution is -2.34. The Kier molecular flexibility index (Phi) is 12.6. The number of hydrogen-bond acceptors (Lipinski definition) is 3. The molecule has 1 aliphatic carbocycles. The molecule has 0 N–H and O–H groups in total. The summed E-state index contributed by atoms with van der Waals surface area (Å²) in [5.41, 5.74) is 11.1. The fourth-order valence-electron chi connectivity index (χ4n) is 2.93. The van der Waals surface area contributed by atoms with Crippen LogP contribution in [0.3, 0.4) is 0 Å². The van der Waals surface area contributed by atoms with E-state index in [1.54, 1.807) is 0 Å². The Morgan fingerprint density at radius 1 is 0.926 bits per heavy atom. The lowest BCUT2D eigenvalue weighted by atomic mass is 10.0. The van der Waals surface area contributed by atoms with Gasteiger partial charge in [-0.3, -0.25) is 0 Å². The standard InChI is InChI=1S/C22H39N3O2/c1-5-9-13-25(14-10-6-2)20-18-21(26-15-11-7-3)19(24-23)17-22(20)27-16-12-8-4/h17-18,21H,5-16H2,1-4H3. The lowest BCUT2D eigenvalue weighted by molar-refractivity contribution is -0.0238. The maximum Gasteiger partial charge on any atom is 0.328 e. The number of nitrogens with zero attached hydrogens (tertiary/aromatic N) is 3. The van der Waals surface area contributed by atoms with Crippen molar-refractivity contribution in [3.63, 3.8) is 0 Å². The summed E-state index contributed by atoms with van der Waals surface area (Å²) < 4.78 is 12.1. The first-order valence-corrected chi connectivity index (χ1v) is 10.9. The van der Waals surface area contributed by atoms with Gasteiger partial charge in [-0.15, -0.1) is 0 Å². The van der Waals surface area contributed by atoms with Crippen molar-refractivity contribution in [1.82, 2.24) is 4.90 Å². The normalized spacial score (nSPS) is 16.6.